The van der Waals surface area contributed by atoms with E-state index < -0.39 is 0 Å². The maximum Gasteiger partial charge on any atom is 0.328 e. The molecule has 6 nitrogen and oxygen atoms in total. The lowest BCUT2D eigenvalue weighted by molar-refractivity contribution is -0.116. The summed E-state index contributed by atoms with van der Waals surface area (Å²) >= 11 is 6.12. The Balaban J connectivity index is 2.05. The van der Waals surface area contributed by atoms with Crippen LogP contribution in [0.25, 0.3) is 22.5 Å². The first-order valence-corrected chi connectivity index (χ1v) is 8.06. The van der Waals surface area contributed by atoms with Crippen LogP contribution >= 0.6 is 11.6 Å². The van der Waals surface area contributed by atoms with E-state index in [2.05, 4.69) is 15.5 Å². The Morgan fingerprint density at radius 3 is 2.80 bits per heavy atom. The summed E-state index contributed by atoms with van der Waals surface area (Å²) in [5.41, 5.74) is 2.48. The second kappa shape index (κ2) is 7.36. The third kappa shape index (κ3) is 3.80. The Morgan fingerprint density at radius 1 is 1.24 bits per heavy atom. The van der Waals surface area contributed by atoms with Crippen molar-refractivity contribution in [2.75, 3.05) is 12.4 Å². The van der Waals surface area contributed by atoms with Gasteiger partial charge in [0.25, 0.3) is 0 Å². The van der Waals surface area contributed by atoms with Gasteiger partial charge in [0.15, 0.2) is 0 Å². The highest BCUT2D eigenvalue weighted by Gasteiger charge is 2.16. The fourth-order valence-electron chi connectivity index (χ4n) is 2.33. The van der Waals surface area contributed by atoms with Gasteiger partial charge in [-0.2, -0.15) is 4.98 Å². The molecule has 1 heterocycles. The van der Waals surface area contributed by atoms with Crippen LogP contribution in [0.4, 0.5) is 6.01 Å². The first kappa shape index (κ1) is 17.0. The number of carbonyl (C=O) groups is 1. The number of halogens is 1. The molecule has 1 aromatic heterocycles. The number of methoxy groups -OCH3 is 1. The number of ether oxygens (including phenoxy) is 1. The molecule has 0 bridgehead atoms. The average Bonchev–Trinajstić information content (AvgIpc) is 3.09. The summed E-state index contributed by atoms with van der Waals surface area (Å²) in [5, 5.41) is 7.13. The van der Waals surface area contributed by atoms with Crippen molar-refractivity contribution >= 4 is 23.5 Å². The number of aromatic nitrogens is 2. The van der Waals surface area contributed by atoms with Crippen LogP contribution < -0.4 is 10.1 Å². The molecule has 3 rings (SSSR count). The zero-order chi connectivity index (χ0) is 17.8. The molecular weight excluding hydrogens is 342 g/mol. The Morgan fingerprint density at radius 2 is 2.08 bits per heavy atom. The number of rotatable bonds is 5. The quantitative estimate of drug-likeness (QED) is 0.731. The number of hydrogen-bond acceptors (Lipinski definition) is 5. The normalized spacial score (nSPS) is 10.5. The third-order valence-corrected chi connectivity index (χ3v) is 3.83. The first-order valence-electron chi connectivity index (χ1n) is 7.68. The predicted molar refractivity (Wildman–Crippen MR) is 95.7 cm³/mol. The van der Waals surface area contributed by atoms with E-state index >= 15 is 0 Å². The molecule has 0 aliphatic heterocycles. The number of nitrogens with one attached hydrogen (secondary N) is 1. The van der Waals surface area contributed by atoms with Crippen LogP contribution in [-0.2, 0) is 4.79 Å². The van der Waals surface area contributed by atoms with Crippen LogP contribution in [0, 0.1) is 0 Å². The van der Waals surface area contributed by atoms with Crippen LogP contribution in [0.3, 0.4) is 0 Å². The monoisotopic (exact) mass is 357 g/mol. The van der Waals surface area contributed by atoms with Crippen LogP contribution in [-0.4, -0.2) is 23.2 Å². The van der Waals surface area contributed by atoms with E-state index in [-0.39, 0.29) is 11.9 Å². The van der Waals surface area contributed by atoms with E-state index in [1.165, 1.54) is 0 Å². The molecule has 3 aromatic rings. The average molecular weight is 358 g/mol. The number of hydrogen-bond donors (Lipinski definition) is 1. The predicted octanol–water partition coefficient (Wildman–Crippen LogP) is 4.41. The summed E-state index contributed by atoms with van der Waals surface area (Å²) < 4.78 is 10.4. The van der Waals surface area contributed by atoms with Crippen LogP contribution in [0.1, 0.15) is 13.3 Å². The fraction of sp³-hybridized carbons (Fsp3) is 0.167. The van der Waals surface area contributed by atoms with Crippen LogP contribution in [0.2, 0.25) is 5.02 Å². The minimum absolute atomic E-state index is 0.0645. The van der Waals surface area contributed by atoms with Gasteiger partial charge in [0.2, 0.25) is 11.7 Å². The van der Waals surface area contributed by atoms with E-state index in [0.29, 0.717) is 23.0 Å². The standard InChI is InChI=1S/C18H16ClN3O3/c1-3-16(23)20-18-21-17(22-25-18)14-8-7-13(24-2)10-15(14)11-5-4-6-12(19)9-11/h4-10H,3H2,1-2H3,(H,20,21,22,23). The molecule has 0 aliphatic rings. The van der Waals surface area contributed by atoms with Gasteiger partial charge in [0.1, 0.15) is 5.75 Å². The molecule has 0 aliphatic carbocycles. The second-order valence-electron chi connectivity index (χ2n) is 5.25. The zero-order valence-corrected chi connectivity index (χ0v) is 14.5. The van der Waals surface area contributed by atoms with E-state index in [4.69, 9.17) is 20.9 Å². The highest BCUT2D eigenvalue weighted by atomic mass is 35.5. The van der Waals surface area contributed by atoms with Crippen molar-refractivity contribution in [3.8, 4) is 28.3 Å². The van der Waals surface area contributed by atoms with Crippen molar-refractivity contribution in [3.05, 3.63) is 47.5 Å². The van der Waals surface area contributed by atoms with Gasteiger partial charge in [-0.1, -0.05) is 35.8 Å². The Labute approximate surface area is 149 Å². The highest BCUT2D eigenvalue weighted by Crippen LogP contribution is 2.35. The molecule has 1 N–H and O–H groups in total. The van der Waals surface area contributed by atoms with E-state index in [1.54, 1.807) is 20.1 Å². The SMILES string of the molecule is CCC(=O)Nc1nc(-c2ccc(OC)cc2-c2cccc(Cl)c2)no1. The molecule has 1 amide bonds. The Bertz CT molecular complexity index is 908. The second-order valence-corrected chi connectivity index (χ2v) is 5.68. The Hall–Kier alpha value is -2.86. The minimum atomic E-state index is -0.194. The number of benzene rings is 2. The summed E-state index contributed by atoms with van der Waals surface area (Å²) in [5.74, 6) is 0.866. The van der Waals surface area contributed by atoms with Gasteiger partial charge in [-0.05, 0) is 41.5 Å². The van der Waals surface area contributed by atoms with Gasteiger partial charge in [0, 0.05) is 17.0 Å². The van der Waals surface area contributed by atoms with Gasteiger partial charge in [-0.15, -0.1) is 0 Å². The van der Waals surface area contributed by atoms with Gasteiger partial charge < -0.3 is 9.26 Å². The lowest BCUT2D eigenvalue weighted by atomic mass is 9.99. The highest BCUT2D eigenvalue weighted by molar-refractivity contribution is 6.30. The van der Waals surface area contributed by atoms with Crippen molar-refractivity contribution in [2.24, 2.45) is 0 Å². The van der Waals surface area contributed by atoms with Crippen molar-refractivity contribution in [2.45, 2.75) is 13.3 Å². The number of carbonyl (C=O) groups excluding carboxylic acids is 1. The molecule has 0 radical (unpaired) electrons. The van der Waals surface area contributed by atoms with E-state index in [1.807, 2.05) is 36.4 Å². The zero-order valence-electron chi connectivity index (χ0n) is 13.7. The van der Waals surface area contributed by atoms with Crippen molar-refractivity contribution in [1.29, 1.82) is 0 Å². The number of nitrogens with zero attached hydrogens (tertiary/aromatic N) is 2. The smallest absolute Gasteiger partial charge is 0.328 e. The van der Waals surface area contributed by atoms with Crippen LogP contribution in [0.15, 0.2) is 47.0 Å². The lowest BCUT2D eigenvalue weighted by Gasteiger charge is -2.09. The van der Waals surface area contributed by atoms with Gasteiger partial charge >= 0.3 is 6.01 Å². The van der Waals surface area contributed by atoms with Crippen molar-refractivity contribution in [3.63, 3.8) is 0 Å². The first-order chi connectivity index (χ1) is 12.1. The molecule has 128 valence electrons. The van der Waals surface area contributed by atoms with E-state index in [9.17, 15) is 4.79 Å². The summed E-state index contributed by atoms with van der Waals surface area (Å²) in [6, 6.07) is 13.0. The summed E-state index contributed by atoms with van der Waals surface area (Å²) in [6.07, 6.45) is 0.327. The molecule has 0 saturated heterocycles. The molecule has 2 aromatic carbocycles. The molecule has 0 atom stereocenters. The van der Waals surface area contributed by atoms with E-state index in [0.717, 1.165) is 16.7 Å². The minimum Gasteiger partial charge on any atom is -0.497 e. The topological polar surface area (TPSA) is 77.2 Å². The molecule has 7 heteroatoms. The summed E-state index contributed by atoms with van der Waals surface area (Å²) in [6.45, 7) is 1.74. The van der Waals surface area contributed by atoms with Gasteiger partial charge in [0.05, 0.1) is 7.11 Å². The third-order valence-electron chi connectivity index (χ3n) is 3.60. The Kier molecular flexibility index (Phi) is 5.00. The maximum absolute atomic E-state index is 11.5. The van der Waals surface area contributed by atoms with Crippen molar-refractivity contribution in [1.82, 2.24) is 10.1 Å². The molecule has 0 spiro atoms. The molecular formula is C18H16ClN3O3. The van der Waals surface area contributed by atoms with Crippen LogP contribution in [0.5, 0.6) is 5.75 Å². The van der Waals surface area contributed by atoms with Gasteiger partial charge in [-0.3, -0.25) is 10.1 Å². The molecule has 0 fully saturated rings. The largest absolute Gasteiger partial charge is 0.497 e. The summed E-state index contributed by atoms with van der Waals surface area (Å²) in [4.78, 5) is 15.7. The number of anilines is 1. The fourth-order valence-corrected chi connectivity index (χ4v) is 2.52. The van der Waals surface area contributed by atoms with Crippen molar-refractivity contribution < 1.29 is 14.1 Å². The van der Waals surface area contributed by atoms with Gasteiger partial charge in [-0.25, -0.2) is 0 Å². The molecule has 0 saturated carbocycles. The molecule has 25 heavy (non-hydrogen) atoms. The molecule has 0 unspecified atom stereocenters. The summed E-state index contributed by atoms with van der Waals surface area (Å²) in [7, 11) is 1.60. The lowest BCUT2D eigenvalue weighted by Crippen LogP contribution is -2.09. The maximum atomic E-state index is 11.5. The number of amides is 1.